The SMILES string of the molecule is CCOc1ccccc1N(C)C(=O)C1c2ccccc2C(=O)N(CC(C)C)C1c1cccs1. The van der Waals surface area contributed by atoms with Gasteiger partial charge in [0.05, 0.1) is 24.3 Å². The molecule has 1 aromatic heterocycles. The number of thiophene rings is 1. The Morgan fingerprint density at radius 3 is 2.52 bits per heavy atom. The first kappa shape index (κ1) is 23.1. The summed E-state index contributed by atoms with van der Waals surface area (Å²) in [5.74, 6) is 0.348. The molecule has 2 unspecified atom stereocenters. The molecule has 0 bridgehead atoms. The average Bonchev–Trinajstić information content (AvgIpc) is 3.35. The summed E-state index contributed by atoms with van der Waals surface area (Å²) in [6.07, 6.45) is 0. The van der Waals surface area contributed by atoms with Crippen molar-refractivity contribution in [3.8, 4) is 5.75 Å². The van der Waals surface area contributed by atoms with E-state index < -0.39 is 5.92 Å². The summed E-state index contributed by atoms with van der Waals surface area (Å²) in [5.41, 5.74) is 2.11. The average molecular weight is 463 g/mol. The quantitative estimate of drug-likeness (QED) is 0.449. The van der Waals surface area contributed by atoms with Gasteiger partial charge in [0.1, 0.15) is 5.75 Å². The number of amides is 2. The van der Waals surface area contributed by atoms with E-state index in [-0.39, 0.29) is 23.8 Å². The number of para-hydroxylation sites is 2. The molecule has 0 N–H and O–H groups in total. The number of hydrogen-bond donors (Lipinski definition) is 0. The number of rotatable bonds is 7. The van der Waals surface area contributed by atoms with Gasteiger partial charge >= 0.3 is 0 Å². The second kappa shape index (κ2) is 9.79. The highest BCUT2D eigenvalue weighted by Crippen LogP contribution is 2.46. The Kier molecular flexibility index (Phi) is 6.84. The van der Waals surface area contributed by atoms with E-state index in [1.54, 1.807) is 23.3 Å². The van der Waals surface area contributed by atoms with Crippen LogP contribution in [0.4, 0.5) is 5.69 Å². The molecule has 2 aromatic carbocycles. The minimum Gasteiger partial charge on any atom is -0.492 e. The Balaban J connectivity index is 1.85. The van der Waals surface area contributed by atoms with Crippen molar-refractivity contribution in [2.24, 2.45) is 5.92 Å². The minimum absolute atomic E-state index is 0.0147. The fourth-order valence-electron chi connectivity index (χ4n) is 4.57. The molecule has 33 heavy (non-hydrogen) atoms. The lowest BCUT2D eigenvalue weighted by Gasteiger charge is -2.43. The second-order valence-corrected chi connectivity index (χ2v) is 9.65. The van der Waals surface area contributed by atoms with Gasteiger partial charge in [-0.2, -0.15) is 0 Å². The molecule has 0 aliphatic carbocycles. The standard InChI is InChI=1S/C27H30N2O3S/c1-5-32-22-14-9-8-13-21(22)28(4)27(31)24-19-11-6-7-12-20(19)26(30)29(17-18(2)3)25(24)23-15-10-16-33-23/h6-16,18,24-25H,5,17H2,1-4H3. The highest BCUT2D eigenvalue weighted by molar-refractivity contribution is 7.10. The van der Waals surface area contributed by atoms with Gasteiger partial charge in [-0.3, -0.25) is 9.59 Å². The molecule has 3 aromatic rings. The molecule has 172 valence electrons. The van der Waals surface area contributed by atoms with Gasteiger partial charge < -0.3 is 14.5 Å². The van der Waals surface area contributed by atoms with Gasteiger partial charge in [-0.05, 0) is 48.1 Å². The van der Waals surface area contributed by atoms with Crippen LogP contribution in [0.1, 0.15) is 53.5 Å². The lowest BCUT2D eigenvalue weighted by Crippen LogP contribution is -2.48. The van der Waals surface area contributed by atoms with Gasteiger partial charge in [0.2, 0.25) is 5.91 Å². The topological polar surface area (TPSA) is 49.9 Å². The third-order valence-corrected chi connectivity index (χ3v) is 6.90. The maximum atomic E-state index is 14.2. The van der Waals surface area contributed by atoms with Gasteiger partial charge in [0, 0.05) is 24.0 Å². The van der Waals surface area contributed by atoms with Gasteiger partial charge in [-0.1, -0.05) is 50.2 Å². The second-order valence-electron chi connectivity index (χ2n) is 8.67. The van der Waals surface area contributed by atoms with Crippen LogP contribution in [0.3, 0.4) is 0 Å². The van der Waals surface area contributed by atoms with Crippen molar-refractivity contribution < 1.29 is 14.3 Å². The maximum absolute atomic E-state index is 14.2. The monoisotopic (exact) mass is 462 g/mol. The lowest BCUT2D eigenvalue weighted by molar-refractivity contribution is -0.121. The number of benzene rings is 2. The van der Waals surface area contributed by atoms with Gasteiger partial charge in [-0.15, -0.1) is 11.3 Å². The van der Waals surface area contributed by atoms with E-state index in [1.807, 2.05) is 77.9 Å². The Morgan fingerprint density at radius 1 is 1.09 bits per heavy atom. The van der Waals surface area contributed by atoms with Crippen molar-refractivity contribution in [3.05, 3.63) is 82.0 Å². The van der Waals surface area contributed by atoms with Crippen LogP contribution in [-0.2, 0) is 4.79 Å². The van der Waals surface area contributed by atoms with Crippen LogP contribution in [0.2, 0.25) is 0 Å². The number of anilines is 1. The van der Waals surface area contributed by atoms with Crippen LogP contribution in [0.25, 0.3) is 0 Å². The van der Waals surface area contributed by atoms with Crippen LogP contribution in [0, 0.1) is 5.92 Å². The van der Waals surface area contributed by atoms with E-state index in [2.05, 4.69) is 13.8 Å². The van der Waals surface area contributed by atoms with Crippen LogP contribution in [0.15, 0.2) is 66.0 Å². The maximum Gasteiger partial charge on any atom is 0.254 e. The number of carbonyl (C=O) groups excluding carboxylic acids is 2. The van der Waals surface area contributed by atoms with E-state index in [0.717, 1.165) is 16.1 Å². The van der Waals surface area contributed by atoms with Crippen molar-refractivity contribution >= 4 is 28.8 Å². The summed E-state index contributed by atoms with van der Waals surface area (Å²) in [4.78, 5) is 32.4. The predicted octanol–water partition coefficient (Wildman–Crippen LogP) is 5.75. The zero-order chi connectivity index (χ0) is 23.5. The summed E-state index contributed by atoms with van der Waals surface area (Å²) in [6.45, 7) is 7.22. The number of fused-ring (bicyclic) bond motifs is 1. The Bertz CT molecular complexity index is 1130. The zero-order valence-corrected chi connectivity index (χ0v) is 20.3. The van der Waals surface area contributed by atoms with Crippen LogP contribution >= 0.6 is 11.3 Å². The molecule has 6 heteroatoms. The van der Waals surface area contributed by atoms with Crippen molar-refractivity contribution in [2.45, 2.75) is 32.7 Å². The molecule has 2 atom stereocenters. The first-order valence-electron chi connectivity index (χ1n) is 11.4. The molecule has 0 saturated carbocycles. The fourth-order valence-corrected chi connectivity index (χ4v) is 5.44. The Hall–Kier alpha value is -3.12. The smallest absolute Gasteiger partial charge is 0.254 e. The first-order chi connectivity index (χ1) is 15.9. The number of likely N-dealkylation sites (N-methyl/N-ethyl adjacent to an activating group) is 1. The third kappa shape index (κ3) is 4.40. The van der Waals surface area contributed by atoms with E-state index in [0.29, 0.717) is 24.5 Å². The summed E-state index contributed by atoms with van der Waals surface area (Å²) >= 11 is 1.59. The zero-order valence-electron chi connectivity index (χ0n) is 19.5. The van der Waals surface area contributed by atoms with Crippen molar-refractivity contribution in [1.82, 2.24) is 4.90 Å². The highest BCUT2D eigenvalue weighted by atomic mass is 32.1. The molecule has 2 heterocycles. The molecule has 0 spiro atoms. The van der Waals surface area contributed by atoms with E-state index in [9.17, 15) is 9.59 Å². The molecule has 0 saturated heterocycles. The number of ether oxygens (including phenoxy) is 1. The molecule has 0 fully saturated rings. The van der Waals surface area contributed by atoms with E-state index in [1.165, 1.54) is 0 Å². The molecular weight excluding hydrogens is 432 g/mol. The number of hydrogen-bond acceptors (Lipinski definition) is 4. The van der Waals surface area contributed by atoms with Crippen molar-refractivity contribution in [3.63, 3.8) is 0 Å². The normalized spacial score (nSPS) is 17.7. The molecular formula is C27H30N2O3S. The highest BCUT2D eigenvalue weighted by Gasteiger charge is 2.45. The van der Waals surface area contributed by atoms with Crippen molar-refractivity contribution in [1.29, 1.82) is 0 Å². The Morgan fingerprint density at radius 2 is 1.82 bits per heavy atom. The molecule has 0 radical (unpaired) electrons. The van der Waals surface area contributed by atoms with Crippen LogP contribution in [-0.4, -0.2) is 36.9 Å². The predicted molar refractivity (Wildman–Crippen MR) is 133 cm³/mol. The summed E-state index contributed by atoms with van der Waals surface area (Å²) < 4.78 is 5.80. The number of nitrogens with zero attached hydrogens (tertiary/aromatic N) is 2. The van der Waals surface area contributed by atoms with E-state index in [4.69, 9.17) is 4.74 Å². The third-order valence-electron chi connectivity index (χ3n) is 5.96. The lowest BCUT2D eigenvalue weighted by atomic mass is 9.80. The minimum atomic E-state index is -0.518. The first-order valence-corrected chi connectivity index (χ1v) is 12.2. The van der Waals surface area contributed by atoms with Gasteiger partial charge in [0.25, 0.3) is 5.91 Å². The largest absolute Gasteiger partial charge is 0.492 e. The Labute approximate surface area is 199 Å². The molecule has 1 aliphatic heterocycles. The number of carbonyl (C=O) groups is 2. The summed E-state index contributed by atoms with van der Waals surface area (Å²) in [7, 11) is 1.79. The molecule has 5 nitrogen and oxygen atoms in total. The van der Waals surface area contributed by atoms with E-state index >= 15 is 0 Å². The summed E-state index contributed by atoms with van der Waals surface area (Å²) in [5, 5.41) is 2.00. The van der Waals surface area contributed by atoms with Crippen LogP contribution in [0.5, 0.6) is 5.75 Å². The summed E-state index contributed by atoms with van der Waals surface area (Å²) in [6, 6.07) is 18.8. The molecule has 1 aliphatic rings. The molecule has 2 amide bonds. The van der Waals surface area contributed by atoms with Crippen LogP contribution < -0.4 is 9.64 Å². The van der Waals surface area contributed by atoms with Gasteiger partial charge in [0.15, 0.2) is 0 Å². The van der Waals surface area contributed by atoms with Gasteiger partial charge in [-0.25, -0.2) is 0 Å². The fraction of sp³-hybridized carbons (Fsp3) is 0.333. The van der Waals surface area contributed by atoms with Crippen molar-refractivity contribution in [2.75, 3.05) is 25.1 Å². The molecule has 4 rings (SSSR count).